The summed E-state index contributed by atoms with van der Waals surface area (Å²) in [6.45, 7) is -1.15. The van der Waals surface area contributed by atoms with Crippen LogP contribution < -0.4 is 0 Å². The molecule has 0 aliphatic carbocycles. The number of hydrogen-bond acceptors (Lipinski definition) is 4. The van der Waals surface area contributed by atoms with Gasteiger partial charge in [0.1, 0.15) is 0 Å². The minimum absolute atomic E-state index is 0.0411. The Morgan fingerprint density at radius 3 is 2.39 bits per heavy atom. The van der Waals surface area contributed by atoms with E-state index in [1.54, 1.807) is 30.3 Å². The van der Waals surface area contributed by atoms with Crippen molar-refractivity contribution in [1.82, 2.24) is 4.90 Å². The standard InChI is InChI=1S/C19H18F3NO4S/c20-19(21,22)18(25)9-10-23(13-18)17(24)15-7-4-8-16(11-15)28(26,27)12-14-5-2-1-3-6-14/h1-8,11,25H,9-10,12-13H2. The SMILES string of the molecule is O=C(c1cccc(S(=O)(=O)Cc2ccccc2)c1)N1CCC(O)(C(F)(F)F)C1. The lowest BCUT2D eigenvalue weighted by atomic mass is 10.0. The maximum atomic E-state index is 12.9. The summed E-state index contributed by atoms with van der Waals surface area (Å²) in [7, 11) is -3.74. The molecule has 0 bridgehead atoms. The van der Waals surface area contributed by atoms with Crippen LogP contribution in [-0.2, 0) is 15.6 Å². The van der Waals surface area contributed by atoms with Crippen LogP contribution in [0, 0.1) is 0 Å². The number of nitrogens with zero attached hydrogens (tertiary/aromatic N) is 1. The van der Waals surface area contributed by atoms with Crippen LogP contribution >= 0.6 is 0 Å². The van der Waals surface area contributed by atoms with Crippen molar-refractivity contribution in [2.75, 3.05) is 13.1 Å². The lowest BCUT2D eigenvalue weighted by molar-refractivity contribution is -0.253. The Bertz CT molecular complexity index is 976. The highest BCUT2D eigenvalue weighted by atomic mass is 32.2. The van der Waals surface area contributed by atoms with E-state index >= 15 is 0 Å². The second kappa shape index (κ2) is 7.21. The highest BCUT2D eigenvalue weighted by Crippen LogP contribution is 2.38. The number of β-amino-alcohol motifs (C(OH)–C–C–N with tert-alkyl or cyclic N) is 1. The highest BCUT2D eigenvalue weighted by Gasteiger charge is 2.57. The van der Waals surface area contributed by atoms with Crippen LogP contribution in [0.2, 0.25) is 0 Å². The third kappa shape index (κ3) is 4.05. The number of rotatable bonds is 4. The molecule has 0 aromatic heterocycles. The van der Waals surface area contributed by atoms with Crippen molar-refractivity contribution < 1.29 is 31.5 Å². The van der Waals surface area contributed by atoms with Gasteiger partial charge in [-0.2, -0.15) is 13.2 Å². The topological polar surface area (TPSA) is 74.7 Å². The number of carbonyl (C=O) groups is 1. The average molecular weight is 413 g/mol. The molecule has 1 aliphatic heterocycles. The Labute approximate surface area is 160 Å². The van der Waals surface area contributed by atoms with Gasteiger partial charge in [-0.15, -0.1) is 0 Å². The quantitative estimate of drug-likeness (QED) is 0.837. The second-order valence-corrected chi connectivity index (χ2v) is 8.77. The maximum Gasteiger partial charge on any atom is 0.419 e. The predicted molar refractivity (Wildman–Crippen MR) is 95.3 cm³/mol. The minimum atomic E-state index is -4.84. The number of hydrogen-bond donors (Lipinski definition) is 1. The second-order valence-electron chi connectivity index (χ2n) is 6.78. The predicted octanol–water partition coefficient (Wildman–Crippen LogP) is 2.80. The first-order valence-electron chi connectivity index (χ1n) is 8.47. The van der Waals surface area contributed by atoms with Gasteiger partial charge in [-0.1, -0.05) is 36.4 Å². The molecule has 5 nitrogen and oxygen atoms in total. The third-order valence-electron chi connectivity index (χ3n) is 4.70. The fourth-order valence-electron chi connectivity index (χ4n) is 3.08. The van der Waals surface area contributed by atoms with E-state index in [1.165, 1.54) is 18.2 Å². The summed E-state index contributed by atoms with van der Waals surface area (Å²) in [4.78, 5) is 13.3. The van der Waals surface area contributed by atoms with E-state index < -0.39 is 40.5 Å². The van der Waals surface area contributed by atoms with Crippen molar-refractivity contribution in [2.45, 2.75) is 28.8 Å². The fraction of sp³-hybridized carbons (Fsp3) is 0.316. The summed E-state index contributed by atoms with van der Waals surface area (Å²) in [5, 5.41) is 9.73. The van der Waals surface area contributed by atoms with Gasteiger partial charge < -0.3 is 10.0 Å². The Morgan fingerprint density at radius 1 is 1.11 bits per heavy atom. The van der Waals surface area contributed by atoms with Gasteiger partial charge in [0.15, 0.2) is 15.4 Å². The van der Waals surface area contributed by atoms with Crippen molar-refractivity contribution in [3.8, 4) is 0 Å². The summed E-state index contributed by atoms with van der Waals surface area (Å²) < 4.78 is 64.1. The van der Waals surface area contributed by atoms with Gasteiger partial charge in [-0.25, -0.2) is 8.42 Å². The summed E-state index contributed by atoms with van der Waals surface area (Å²) in [5.41, 5.74) is -2.41. The third-order valence-corrected chi connectivity index (χ3v) is 6.39. The minimum Gasteiger partial charge on any atom is -0.379 e. The molecule has 1 heterocycles. The van der Waals surface area contributed by atoms with Crippen LogP contribution in [0.5, 0.6) is 0 Å². The molecule has 1 saturated heterocycles. The van der Waals surface area contributed by atoms with Crippen molar-refractivity contribution in [3.05, 3.63) is 65.7 Å². The summed E-state index contributed by atoms with van der Waals surface area (Å²) in [6.07, 6.45) is -5.46. The zero-order chi connectivity index (χ0) is 20.6. The lowest BCUT2D eigenvalue weighted by Crippen LogP contribution is -2.48. The average Bonchev–Trinajstić information content (AvgIpc) is 3.05. The van der Waals surface area contributed by atoms with E-state index in [0.717, 1.165) is 11.0 Å². The van der Waals surface area contributed by atoms with Gasteiger partial charge in [-0.05, 0) is 23.8 Å². The Kier molecular flexibility index (Phi) is 5.24. The normalized spacial score (nSPS) is 20.4. The molecule has 3 rings (SSSR count). The molecule has 1 atom stereocenters. The van der Waals surface area contributed by atoms with E-state index in [1.807, 2.05) is 0 Å². The first kappa shape index (κ1) is 20.3. The molecule has 1 aliphatic rings. The van der Waals surface area contributed by atoms with E-state index in [0.29, 0.717) is 5.56 Å². The molecule has 1 fully saturated rings. The van der Waals surface area contributed by atoms with Crippen molar-refractivity contribution >= 4 is 15.7 Å². The number of likely N-dealkylation sites (tertiary alicyclic amines) is 1. The molecule has 1 unspecified atom stereocenters. The molecule has 28 heavy (non-hydrogen) atoms. The first-order valence-corrected chi connectivity index (χ1v) is 10.1. The molecule has 1 N–H and O–H groups in total. The molecule has 0 radical (unpaired) electrons. The van der Waals surface area contributed by atoms with Crippen LogP contribution in [0.3, 0.4) is 0 Å². The number of aliphatic hydroxyl groups is 1. The number of halogens is 3. The van der Waals surface area contributed by atoms with E-state index in [2.05, 4.69) is 0 Å². The summed E-state index contributed by atoms with van der Waals surface area (Å²) in [5.74, 6) is -1.01. The van der Waals surface area contributed by atoms with Gasteiger partial charge in [0.25, 0.3) is 5.91 Å². The molecule has 0 spiro atoms. The van der Waals surface area contributed by atoms with E-state index in [9.17, 15) is 31.5 Å². The lowest BCUT2D eigenvalue weighted by Gasteiger charge is -2.26. The van der Waals surface area contributed by atoms with Crippen LogP contribution in [0.4, 0.5) is 13.2 Å². The zero-order valence-electron chi connectivity index (χ0n) is 14.7. The molecule has 2 aromatic carbocycles. The van der Waals surface area contributed by atoms with Crippen LogP contribution in [0.15, 0.2) is 59.5 Å². The summed E-state index contributed by atoms with van der Waals surface area (Å²) in [6, 6.07) is 13.7. The van der Waals surface area contributed by atoms with Gasteiger partial charge >= 0.3 is 6.18 Å². The highest BCUT2D eigenvalue weighted by molar-refractivity contribution is 7.90. The van der Waals surface area contributed by atoms with Crippen molar-refractivity contribution in [1.29, 1.82) is 0 Å². The molecule has 0 saturated carbocycles. The van der Waals surface area contributed by atoms with Crippen LogP contribution in [0.25, 0.3) is 0 Å². The maximum absolute atomic E-state index is 12.9. The van der Waals surface area contributed by atoms with E-state index in [-0.39, 0.29) is 22.8 Å². The number of carbonyl (C=O) groups excluding carboxylic acids is 1. The fourth-order valence-corrected chi connectivity index (χ4v) is 4.47. The van der Waals surface area contributed by atoms with Crippen molar-refractivity contribution in [2.24, 2.45) is 0 Å². The number of alkyl halides is 3. The first-order chi connectivity index (χ1) is 13.0. The van der Waals surface area contributed by atoms with Gasteiger partial charge in [0.2, 0.25) is 0 Å². The Morgan fingerprint density at radius 2 is 1.79 bits per heavy atom. The smallest absolute Gasteiger partial charge is 0.379 e. The molecular weight excluding hydrogens is 395 g/mol. The largest absolute Gasteiger partial charge is 0.419 e. The zero-order valence-corrected chi connectivity index (χ0v) is 15.5. The summed E-state index contributed by atoms with van der Waals surface area (Å²) >= 11 is 0. The van der Waals surface area contributed by atoms with Crippen LogP contribution in [0.1, 0.15) is 22.3 Å². The van der Waals surface area contributed by atoms with Gasteiger partial charge in [-0.3, -0.25) is 4.79 Å². The molecule has 150 valence electrons. The van der Waals surface area contributed by atoms with Crippen LogP contribution in [-0.4, -0.2) is 49.2 Å². The van der Waals surface area contributed by atoms with Crippen molar-refractivity contribution in [3.63, 3.8) is 0 Å². The molecular formula is C19H18F3NO4S. The van der Waals surface area contributed by atoms with Gasteiger partial charge in [0.05, 0.1) is 17.2 Å². The number of amides is 1. The molecule has 2 aromatic rings. The monoisotopic (exact) mass is 413 g/mol. The van der Waals surface area contributed by atoms with Gasteiger partial charge in [0, 0.05) is 18.5 Å². The Balaban J connectivity index is 1.81. The Hall–Kier alpha value is -2.39. The molecule has 1 amide bonds. The number of benzene rings is 2. The molecule has 9 heteroatoms. The van der Waals surface area contributed by atoms with E-state index in [4.69, 9.17) is 0 Å². The number of sulfone groups is 1.